The van der Waals surface area contributed by atoms with Crippen LogP contribution in [0, 0.1) is 53.3 Å². The van der Waals surface area contributed by atoms with Crippen molar-refractivity contribution in [1.82, 2.24) is 0 Å². The first-order valence-electron chi connectivity index (χ1n) is 14.4. The number of carbonyl (C=O) groups is 1. The second-order valence-corrected chi connectivity index (χ2v) is 14.2. The highest BCUT2D eigenvalue weighted by molar-refractivity contribution is 9.10. The van der Waals surface area contributed by atoms with Crippen LogP contribution >= 0.6 is 15.9 Å². The monoisotopic (exact) mass is 577 g/mol. The Balaban J connectivity index is 0.000000342. The molecule has 4 aliphatic carbocycles. The van der Waals surface area contributed by atoms with Crippen LogP contribution in [0.15, 0.2) is 28.7 Å². The molecule has 1 amide bonds. The summed E-state index contributed by atoms with van der Waals surface area (Å²) in [6.07, 6.45) is 6.56. The van der Waals surface area contributed by atoms with Gasteiger partial charge in [-0.3, -0.25) is 4.79 Å². The fraction of sp³-hybridized carbons (Fsp3) is 0.774. The Bertz CT molecular complexity index is 919. The van der Waals surface area contributed by atoms with E-state index in [2.05, 4.69) is 55.8 Å². The summed E-state index contributed by atoms with van der Waals surface area (Å²) in [5.74, 6) is 1.72. The molecule has 0 bridgehead atoms. The molecule has 0 aromatic heterocycles. The third-order valence-electron chi connectivity index (χ3n) is 11.4. The molecule has 0 heterocycles. The third-order valence-corrected chi connectivity index (χ3v) is 11.9. The minimum absolute atomic E-state index is 0.112. The molecule has 1 aromatic rings. The zero-order valence-corrected chi connectivity index (χ0v) is 24.7. The molecule has 208 valence electrons. The fourth-order valence-electron chi connectivity index (χ4n) is 9.24. The van der Waals surface area contributed by atoms with Gasteiger partial charge in [-0.25, -0.2) is 0 Å². The Morgan fingerprint density at radius 1 is 1.05 bits per heavy atom. The van der Waals surface area contributed by atoms with Crippen molar-refractivity contribution in [2.45, 2.75) is 104 Å². The van der Waals surface area contributed by atoms with Gasteiger partial charge in [0, 0.05) is 10.9 Å². The first kappa shape index (κ1) is 29.0. The predicted molar refractivity (Wildman–Crippen MR) is 150 cm³/mol. The maximum absolute atomic E-state index is 11.5. The number of hydrogen-bond acceptors (Lipinski definition) is 4. The molecule has 4 saturated carbocycles. The van der Waals surface area contributed by atoms with Gasteiger partial charge in [-0.15, -0.1) is 0 Å². The minimum Gasteiger partial charge on any atom is -0.393 e. The summed E-state index contributed by atoms with van der Waals surface area (Å²) in [4.78, 5) is 11.3. The predicted octanol–water partition coefficient (Wildman–Crippen LogP) is 5.61. The van der Waals surface area contributed by atoms with Crippen molar-refractivity contribution in [1.29, 1.82) is 0 Å². The molecule has 0 spiro atoms. The SMILES string of the molecule is C[C@H](CCC(N)=O)[C@H]1CC[C@H]2[C@@H]3[C@H](O)C[C@@H]4C[C@H](O)CC[C@]4(C)[C@H]3C[C@H](O)[C@]12C.Cc1ccc(Br)cc1. The van der Waals surface area contributed by atoms with Gasteiger partial charge in [-0.1, -0.05) is 54.4 Å². The van der Waals surface area contributed by atoms with E-state index in [1.54, 1.807) is 0 Å². The highest BCUT2D eigenvalue weighted by atomic mass is 79.9. The molecular weight excluding hydrogens is 530 g/mol. The molecule has 0 saturated heterocycles. The van der Waals surface area contributed by atoms with Crippen molar-refractivity contribution in [3.8, 4) is 0 Å². The summed E-state index contributed by atoms with van der Waals surface area (Å²) in [6, 6.07) is 8.22. The highest BCUT2D eigenvalue weighted by Gasteiger charge is 2.65. The second kappa shape index (κ2) is 11.3. The number of primary amides is 1. The molecule has 0 radical (unpaired) electrons. The van der Waals surface area contributed by atoms with Crippen molar-refractivity contribution >= 4 is 21.8 Å². The van der Waals surface area contributed by atoms with E-state index < -0.39 is 0 Å². The molecule has 5 nitrogen and oxygen atoms in total. The molecule has 0 unspecified atom stereocenters. The Labute approximate surface area is 231 Å². The Morgan fingerprint density at radius 2 is 1.73 bits per heavy atom. The van der Waals surface area contributed by atoms with Gasteiger partial charge in [0.1, 0.15) is 0 Å². The fourth-order valence-corrected chi connectivity index (χ4v) is 9.50. The summed E-state index contributed by atoms with van der Waals surface area (Å²) >= 11 is 3.35. The summed E-state index contributed by atoms with van der Waals surface area (Å²) < 4.78 is 1.14. The van der Waals surface area contributed by atoms with Gasteiger partial charge in [0.05, 0.1) is 18.3 Å². The summed E-state index contributed by atoms with van der Waals surface area (Å²) in [5, 5.41) is 33.0. The van der Waals surface area contributed by atoms with E-state index in [9.17, 15) is 20.1 Å². The number of fused-ring (bicyclic) bond motifs is 5. The van der Waals surface area contributed by atoms with E-state index >= 15 is 0 Å². The van der Waals surface area contributed by atoms with Gasteiger partial charge in [-0.2, -0.15) is 0 Å². The van der Waals surface area contributed by atoms with Gasteiger partial charge in [0.25, 0.3) is 0 Å². The molecule has 1 aromatic carbocycles. The van der Waals surface area contributed by atoms with Gasteiger partial charge in [0.15, 0.2) is 0 Å². The number of amides is 1. The van der Waals surface area contributed by atoms with E-state index in [0.29, 0.717) is 36.0 Å². The lowest BCUT2D eigenvalue weighted by molar-refractivity contribution is -0.207. The number of carbonyl (C=O) groups excluding carboxylic acids is 1. The van der Waals surface area contributed by atoms with Crippen LogP contribution < -0.4 is 5.73 Å². The summed E-state index contributed by atoms with van der Waals surface area (Å²) in [5.41, 5.74) is 6.60. The molecule has 37 heavy (non-hydrogen) atoms. The highest BCUT2D eigenvalue weighted by Crippen LogP contribution is 2.68. The normalized spacial score (nSPS) is 43.5. The van der Waals surface area contributed by atoms with E-state index in [4.69, 9.17) is 5.73 Å². The Morgan fingerprint density at radius 3 is 2.35 bits per heavy atom. The molecule has 6 heteroatoms. The van der Waals surface area contributed by atoms with Crippen molar-refractivity contribution < 1.29 is 20.1 Å². The van der Waals surface area contributed by atoms with Crippen LogP contribution in [0.25, 0.3) is 0 Å². The molecular formula is C31H48BrNO4. The smallest absolute Gasteiger partial charge is 0.217 e. The van der Waals surface area contributed by atoms with Gasteiger partial charge in [-0.05, 0) is 117 Å². The lowest BCUT2D eigenvalue weighted by Crippen LogP contribution is -2.62. The van der Waals surface area contributed by atoms with Gasteiger partial charge >= 0.3 is 0 Å². The number of aryl methyl sites for hydroxylation is 1. The minimum atomic E-state index is -0.369. The van der Waals surface area contributed by atoms with Crippen molar-refractivity contribution in [2.75, 3.05) is 0 Å². The molecule has 4 aliphatic rings. The zero-order valence-electron chi connectivity index (χ0n) is 23.1. The van der Waals surface area contributed by atoms with Gasteiger partial charge < -0.3 is 21.1 Å². The standard InChI is InChI=1S/C24H41NO4.C7H7Br/c1-13(4-7-21(25)29)16-5-6-17-22-18(12-20(28)24(16,17)3)23(2)9-8-15(26)10-14(23)11-19(22)27;1-6-2-4-7(8)5-3-6/h13-20,22,26-28H,4-12H2,1-3H3,(H2,25,29);2-5H,1H3/t13-,14+,15-,16-,17+,18+,19-,20+,22+,23+,24-;/m1./s1. The quantitative estimate of drug-likeness (QED) is 0.373. The first-order chi connectivity index (χ1) is 17.4. The van der Waals surface area contributed by atoms with Crippen molar-refractivity contribution in [2.24, 2.45) is 52.1 Å². The van der Waals surface area contributed by atoms with Crippen LogP contribution in [0.2, 0.25) is 0 Å². The summed E-state index contributed by atoms with van der Waals surface area (Å²) in [7, 11) is 0. The molecule has 11 atom stereocenters. The van der Waals surface area contributed by atoms with E-state index in [1.165, 1.54) is 5.56 Å². The lowest BCUT2D eigenvalue weighted by Gasteiger charge is -2.63. The van der Waals surface area contributed by atoms with Crippen LogP contribution in [-0.2, 0) is 4.79 Å². The largest absolute Gasteiger partial charge is 0.393 e. The van der Waals surface area contributed by atoms with E-state index in [1.807, 2.05) is 12.1 Å². The number of nitrogens with two attached hydrogens (primary N) is 1. The maximum Gasteiger partial charge on any atom is 0.217 e. The first-order valence-corrected chi connectivity index (χ1v) is 15.2. The molecule has 4 fully saturated rings. The maximum atomic E-state index is 11.5. The van der Waals surface area contributed by atoms with Crippen LogP contribution in [0.3, 0.4) is 0 Å². The number of aliphatic hydroxyl groups excluding tert-OH is 3. The topological polar surface area (TPSA) is 104 Å². The zero-order chi connectivity index (χ0) is 27.1. The number of hydrogen-bond donors (Lipinski definition) is 4. The number of rotatable bonds is 4. The number of halogens is 1. The molecule has 0 aliphatic heterocycles. The lowest BCUT2D eigenvalue weighted by atomic mass is 9.43. The van der Waals surface area contributed by atoms with Crippen LogP contribution in [0.5, 0.6) is 0 Å². The average Bonchev–Trinajstić information content (AvgIpc) is 3.20. The molecule has 5 N–H and O–H groups in total. The second-order valence-electron chi connectivity index (χ2n) is 13.3. The van der Waals surface area contributed by atoms with E-state index in [-0.39, 0.29) is 41.0 Å². The van der Waals surface area contributed by atoms with Crippen LogP contribution in [-0.4, -0.2) is 39.5 Å². The Hall–Kier alpha value is -0.950. The Kier molecular flexibility index (Phi) is 8.85. The van der Waals surface area contributed by atoms with Crippen molar-refractivity contribution in [3.05, 3.63) is 34.3 Å². The summed E-state index contributed by atoms with van der Waals surface area (Å²) in [6.45, 7) is 8.90. The van der Waals surface area contributed by atoms with Gasteiger partial charge in [0.2, 0.25) is 5.91 Å². The third kappa shape index (κ3) is 5.55. The van der Waals surface area contributed by atoms with Crippen LogP contribution in [0.4, 0.5) is 0 Å². The number of aliphatic hydroxyl groups is 3. The van der Waals surface area contributed by atoms with E-state index in [0.717, 1.165) is 55.8 Å². The molecule has 5 rings (SSSR count). The average molecular weight is 579 g/mol. The van der Waals surface area contributed by atoms with Crippen LogP contribution in [0.1, 0.15) is 84.1 Å². The van der Waals surface area contributed by atoms with Crippen molar-refractivity contribution in [3.63, 3.8) is 0 Å². The number of benzene rings is 1.